The summed E-state index contributed by atoms with van der Waals surface area (Å²) in [6, 6.07) is 0. The molecule has 0 N–H and O–H groups in total. The maximum Gasteiger partial charge on any atom is 3.00 e. The van der Waals surface area contributed by atoms with Gasteiger partial charge in [0.1, 0.15) is 0 Å². The second-order valence-corrected chi connectivity index (χ2v) is 0.702. The summed E-state index contributed by atoms with van der Waals surface area (Å²) in [5, 5.41) is 0. The van der Waals surface area contributed by atoms with E-state index < -0.39 is 0 Å². The molecular weight excluding hydrogens is 193 g/mol. The van der Waals surface area contributed by atoms with Crippen LogP contribution in [0.3, 0.4) is 0 Å². The third-order valence-electron chi connectivity index (χ3n) is 0.144. The molecule has 2 nitrogen and oxygen atoms in total. The van der Waals surface area contributed by atoms with E-state index in [2.05, 4.69) is 0 Å². The normalized spacial score (nSPS) is 4.22. The van der Waals surface area contributed by atoms with Crippen LogP contribution in [-0.2, 0) is 42.3 Å². The minimum absolute atomic E-state index is 0. The van der Waals surface area contributed by atoms with E-state index in [4.69, 9.17) is 9.59 Å². The number of hydrogen-bond donors (Lipinski definition) is 0. The zero-order valence-electron chi connectivity index (χ0n) is 6.10. The zero-order valence-corrected chi connectivity index (χ0v) is 8.94. The summed E-state index contributed by atoms with van der Waals surface area (Å²) >= 11 is 0. The van der Waals surface area contributed by atoms with Crippen molar-refractivity contribution in [2.24, 2.45) is 0 Å². The smallest absolute Gasteiger partial charge is 0.542 e. The first-order chi connectivity index (χ1) is 3.33. The summed E-state index contributed by atoms with van der Waals surface area (Å²) in [4.78, 5) is 17.7. The Labute approximate surface area is 82.3 Å². The van der Waals surface area contributed by atoms with Crippen LogP contribution in [0.2, 0.25) is 0 Å². The van der Waals surface area contributed by atoms with Crippen LogP contribution >= 0.6 is 0 Å². The summed E-state index contributed by atoms with van der Waals surface area (Å²) in [5.74, 6) is 0. The van der Waals surface area contributed by atoms with E-state index in [1.165, 1.54) is 13.2 Å². The average Bonchev–Trinajstić information content (AvgIpc) is 1.69. The Kier molecular flexibility index (Phi) is 99.6. The molecule has 0 aromatic heterocycles. The van der Waals surface area contributed by atoms with Crippen LogP contribution in [0, 0.1) is 7.43 Å². The molecule has 0 unspecified atom stereocenters. The van der Waals surface area contributed by atoms with Gasteiger partial charge >= 0.3 is 32.7 Å². The maximum absolute atomic E-state index is 9.05. The average molecular weight is 204 g/mol. The topological polar surface area (TPSA) is 34.1 Å². The van der Waals surface area contributed by atoms with Crippen molar-refractivity contribution in [3.63, 3.8) is 0 Å². The molecule has 0 bridgehead atoms. The van der Waals surface area contributed by atoms with Gasteiger partial charge in [0, 0.05) is 0 Å². The Morgan fingerprint density at radius 2 is 1.44 bits per heavy atom. The first-order valence-electron chi connectivity index (χ1n) is 1.97. The van der Waals surface area contributed by atoms with Gasteiger partial charge in [-0.25, -0.2) is 0 Å². The number of hydrogen-bond acceptors (Lipinski definition) is 2. The molecule has 0 fully saturated rings. The van der Waals surface area contributed by atoms with Crippen LogP contribution in [-0.4, -0.2) is 12.6 Å². The predicted molar refractivity (Wildman–Crippen MR) is 33.8 cm³/mol. The molecule has 50 valence electrons. The standard InChI is InChI=1S/C3H5O.C2H3O.CH3.Y/c1-2-3-4;1-2-3;;/h2H2,1H3;1H3;1H3;/q3*-1;+3. The first kappa shape index (κ1) is 22.7. The Hall–Kier alpha value is 0.444. The second-order valence-electron chi connectivity index (χ2n) is 0.702. The first-order valence-corrected chi connectivity index (χ1v) is 1.97. The van der Waals surface area contributed by atoms with E-state index in [1.54, 1.807) is 13.2 Å². The van der Waals surface area contributed by atoms with Gasteiger partial charge in [0.25, 0.3) is 0 Å². The van der Waals surface area contributed by atoms with E-state index in [9.17, 15) is 0 Å². The monoisotopic (exact) mass is 204 g/mol. The van der Waals surface area contributed by atoms with Gasteiger partial charge in [-0.2, -0.15) is 13.3 Å². The SMILES string of the molecule is CC[C-]=O.C[C-]=O.[CH3-].[Y+3]. The van der Waals surface area contributed by atoms with Crippen LogP contribution in [0.4, 0.5) is 0 Å². The molecule has 0 aromatic rings. The second kappa shape index (κ2) is 39.4. The largest absolute Gasteiger partial charge is 3.00 e. The molecule has 0 aromatic carbocycles. The van der Waals surface area contributed by atoms with Gasteiger partial charge in [0.15, 0.2) is 0 Å². The molecule has 0 atom stereocenters. The minimum atomic E-state index is 0. The van der Waals surface area contributed by atoms with Crippen LogP contribution in [0.5, 0.6) is 0 Å². The number of rotatable bonds is 1. The van der Waals surface area contributed by atoms with Crippen LogP contribution in [0.15, 0.2) is 0 Å². The maximum atomic E-state index is 9.05. The van der Waals surface area contributed by atoms with Crippen LogP contribution < -0.4 is 0 Å². The van der Waals surface area contributed by atoms with Crippen molar-refractivity contribution in [2.45, 2.75) is 20.3 Å². The van der Waals surface area contributed by atoms with Crippen molar-refractivity contribution in [3.8, 4) is 0 Å². The molecule has 0 amide bonds. The molecule has 0 heterocycles. The third kappa shape index (κ3) is 168. The van der Waals surface area contributed by atoms with Crippen molar-refractivity contribution in [2.75, 3.05) is 0 Å². The van der Waals surface area contributed by atoms with Gasteiger partial charge in [-0.1, -0.05) is 6.92 Å². The van der Waals surface area contributed by atoms with E-state index in [1.807, 2.05) is 0 Å². The Bertz CT molecular complexity index is 46.3. The molecule has 0 aliphatic rings. The summed E-state index contributed by atoms with van der Waals surface area (Å²) in [6.07, 6.45) is 3.69. The van der Waals surface area contributed by atoms with Gasteiger partial charge in [-0.3, -0.25) is 12.6 Å². The molecule has 0 aliphatic carbocycles. The summed E-state index contributed by atoms with van der Waals surface area (Å²) in [7, 11) is 0. The van der Waals surface area contributed by atoms with Gasteiger partial charge in [-0.05, 0) is 0 Å². The van der Waals surface area contributed by atoms with E-state index in [0.717, 1.165) is 0 Å². The number of carbonyl (C=O) groups excluding carboxylic acids is 2. The Morgan fingerprint density at radius 1 is 1.33 bits per heavy atom. The quantitative estimate of drug-likeness (QED) is 0.598. The Morgan fingerprint density at radius 3 is 1.44 bits per heavy atom. The van der Waals surface area contributed by atoms with Gasteiger partial charge in [-0.15, -0.1) is 0 Å². The molecule has 0 aliphatic heterocycles. The fourth-order valence-corrected chi connectivity index (χ4v) is 0. The van der Waals surface area contributed by atoms with Crippen molar-refractivity contribution in [1.82, 2.24) is 0 Å². The van der Waals surface area contributed by atoms with Crippen molar-refractivity contribution in [3.05, 3.63) is 7.43 Å². The van der Waals surface area contributed by atoms with E-state index in [0.29, 0.717) is 6.42 Å². The van der Waals surface area contributed by atoms with Crippen molar-refractivity contribution >= 4 is 12.6 Å². The predicted octanol–water partition coefficient (Wildman–Crippen LogP) is 1.07. The fraction of sp³-hybridized carbons (Fsp3) is 0.500. The summed E-state index contributed by atoms with van der Waals surface area (Å²) in [5.41, 5.74) is 0. The van der Waals surface area contributed by atoms with E-state index >= 15 is 0 Å². The van der Waals surface area contributed by atoms with E-state index in [-0.39, 0.29) is 40.1 Å². The molecule has 9 heavy (non-hydrogen) atoms. The van der Waals surface area contributed by atoms with Gasteiger partial charge in [0.2, 0.25) is 0 Å². The molecule has 0 saturated carbocycles. The summed E-state index contributed by atoms with van der Waals surface area (Å²) in [6.45, 7) is 3.08. The molecule has 3 heteroatoms. The molecular formula is C6H11O2Y. The molecule has 0 rings (SSSR count). The fourth-order valence-electron chi connectivity index (χ4n) is 0. The molecule has 0 radical (unpaired) electrons. The van der Waals surface area contributed by atoms with Crippen molar-refractivity contribution < 1.29 is 42.3 Å². The van der Waals surface area contributed by atoms with Gasteiger partial charge in [0.05, 0.1) is 0 Å². The molecule has 0 saturated heterocycles. The summed E-state index contributed by atoms with van der Waals surface area (Å²) < 4.78 is 0. The molecule has 0 spiro atoms. The minimum Gasteiger partial charge on any atom is -0.542 e. The third-order valence-corrected chi connectivity index (χ3v) is 0.144. The van der Waals surface area contributed by atoms with Gasteiger partial charge < -0.3 is 17.0 Å². The zero-order chi connectivity index (χ0) is 6.12. The van der Waals surface area contributed by atoms with Crippen LogP contribution in [0.25, 0.3) is 0 Å². The Balaban J connectivity index is -0.0000000233. The van der Waals surface area contributed by atoms with Crippen molar-refractivity contribution in [1.29, 1.82) is 0 Å². The van der Waals surface area contributed by atoms with Crippen LogP contribution in [0.1, 0.15) is 20.3 Å².